The molecule has 0 bridgehead atoms. The van der Waals surface area contributed by atoms with Gasteiger partial charge in [0.05, 0.1) is 7.11 Å². The molecule has 3 nitrogen and oxygen atoms in total. The predicted molar refractivity (Wildman–Crippen MR) is 99.0 cm³/mol. The van der Waals surface area contributed by atoms with Gasteiger partial charge in [-0.25, -0.2) is 0 Å². The lowest BCUT2D eigenvalue weighted by atomic mass is 9.87. The van der Waals surface area contributed by atoms with Crippen molar-refractivity contribution >= 4 is 12.0 Å². The maximum Gasteiger partial charge on any atom is 0.244 e. The smallest absolute Gasteiger partial charge is 0.244 e. The van der Waals surface area contributed by atoms with Gasteiger partial charge in [0.1, 0.15) is 5.75 Å². The van der Waals surface area contributed by atoms with E-state index < -0.39 is 0 Å². The van der Waals surface area contributed by atoms with Crippen LogP contribution in [0.3, 0.4) is 0 Å². The summed E-state index contributed by atoms with van der Waals surface area (Å²) in [5.41, 5.74) is 3.38. The molecule has 1 amide bonds. The van der Waals surface area contributed by atoms with Crippen molar-refractivity contribution in [3.05, 3.63) is 71.3 Å². The summed E-state index contributed by atoms with van der Waals surface area (Å²) >= 11 is 0. The molecular weight excluding hydrogens is 298 g/mol. The van der Waals surface area contributed by atoms with Crippen LogP contribution in [0.5, 0.6) is 5.75 Å². The molecule has 0 fully saturated rings. The lowest BCUT2D eigenvalue weighted by Gasteiger charge is -2.18. The van der Waals surface area contributed by atoms with E-state index in [1.54, 1.807) is 13.2 Å². The number of carbonyl (C=O) groups excluding carboxylic acids is 1. The summed E-state index contributed by atoms with van der Waals surface area (Å²) in [6.45, 7) is 6.99. The monoisotopic (exact) mass is 323 g/mol. The Morgan fingerprint density at radius 2 is 1.75 bits per heavy atom. The van der Waals surface area contributed by atoms with Crippen LogP contribution in [0.1, 0.15) is 37.5 Å². The summed E-state index contributed by atoms with van der Waals surface area (Å²) in [5.74, 6) is 0.653. The quantitative estimate of drug-likeness (QED) is 0.832. The van der Waals surface area contributed by atoms with E-state index in [0.29, 0.717) is 6.54 Å². The number of amides is 1. The fourth-order valence-electron chi connectivity index (χ4n) is 2.36. The molecule has 0 unspecified atom stereocenters. The maximum atomic E-state index is 12.0. The van der Waals surface area contributed by atoms with Gasteiger partial charge >= 0.3 is 0 Å². The van der Waals surface area contributed by atoms with Gasteiger partial charge in [-0.2, -0.15) is 0 Å². The van der Waals surface area contributed by atoms with Gasteiger partial charge in [0.25, 0.3) is 0 Å². The molecule has 0 aromatic heterocycles. The topological polar surface area (TPSA) is 38.3 Å². The summed E-state index contributed by atoms with van der Waals surface area (Å²) in [6.07, 6.45) is 3.38. The summed E-state index contributed by atoms with van der Waals surface area (Å²) in [5, 5.41) is 2.87. The van der Waals surface area contributed by atoms with Crippen LogP contribution in [0, 0.1) is 0 Å². The van der Waals surface area contributed by atoms with Crippen molar-refractivity contribution in [2.24, 2.45) is 0 Å². The zero-order chi connectivity index (χ0) is 17.6. The van der Waals surface area contributed by atoms with Crippen molar-refractivity contribution < 1.29 is 9.53 Å². The molecule has 1 N–H and O–H groups in total. The van der Waals surface area contributed by atoms with Gasteiger partial charge in [-0.3, -0.25) is 4.79 Å². The van der Waals surface area contributed by atoms with E-state index in [1.807, 2.05) is 42.5 Å². The Morgan fingerprint density at radius 3 is 2.38 bits per heavy atom. The van der Waals surface area contributed by atoms with Crippen LogP contribution >= 0.6 is 0 Å². The Bertz CT molecular complexity index is 709. The average molecular weight is 323 g/mol. The lowest BCUT2D eigenvalue weighted by molar-refractivity contribution is -0.116. The number of ether oxygens (including phenoxy) is 1. The van der Waals surface area contributed by atoms with E-state index in [9.17, 15) is 4.79 Å². The van der Waals surface area contributed by atoms with Crippen molar-refractivity contribution in [1.29, 1.82) is 0 Å². The van der Waals surface area contributed by atoms with Crippen molar-refractivity contribution in [2.45, 2.75) is 32.7 Å². The van der Waals surface area contributed by atoms with Crippen molar-refractivity contribution in [1.82, 2.24) is 5.32 Å². The van der Waals surface area contributed by atoms with Crippen LogP contribution in [-0.4, -0.2) is 13.0 Å². The van der Waals surface area contributed by atoms with Gasteiger partial charge in [0, 0.05) is 18.2 Å². The molecule has 0 heterocycles. The van der Waals surface area contributed by atoms with Gasteiger partial charge in [-0.15, -0.1) is 0 Å². The van der Waals surface area contributed by atoms with Gasteiger partial charge in [0.15, 0.2) is 0 Å². The molecule has 0 saturated heterocycles. The molecule has 0 aliphatic heterocycles. The molecule has 2 rings (SSSR count). The standard InChI is InChI=1S/C21H25NO2/c1-21(2,3)18-12-9-16(10-13-18)11-14-20(23)22-15-17-7-5-6-8-19(17)24-4/h5-14H,15H2,1-4H3,(H,22,23). The minimum atomic E-state index is -0.124. The van der Waals surface area contributed by atoms with E-state index in [0.717, 1.165) is 16.9 Å². The highest BCUT2D eigenvalue weighted by molar-refractivity contribution is 5.91. The van der Waals surface area contributed by atoms with Gasteiger partial charge < -0.3 is 10.1 Å². The van der Waals surface area contributed by atoms with Crippen molar-refractivity contribution in [3.8, 4) is 5.75 Å². The minimum Gasteiger partial charge on any atom is -0.496 e. The molecule has 2 aromatic rings. The molecule has 126 valence electrons. The zero-order valence-electron chi connectivity index (χ0n) is 14.8. The van der Waals surface area contributed by atoms with Gasteiger partial charge in [-0.05, 0) is 28.7 Å². The number of rotatable bonds is 5. The Hall–Kier alpha value is -2.55. The van der Waals surface area contributed by atoms with E-state index >= 15 is 0 Å². The molecule has 3 heteroatoms. The van der Waals surface area contributed by atoms with E-state index in [1.165, 1.54) is 5.56 Å². The second kappa shape index (κ2) is 7.82. The summed E-state index contributed by atoms with van der Waals surface area (Å²) in [7, 11) is 1.63. The molecule has 0 atom stereocenters. The first kappa shape index (κ1) is 17.8. The molecule has 24 heavy (non-hydrogen) atoms. The summed E-state index contributed by atoms with van der Waals surface area (Å²) in [6, 6.07) is 15.9. The third-order valence-electron chi connectivity index (χ3n) is 3.85. The Morgan fingerprint density at radius 1 is 1.08 bits per heavy atom. The first-order valence-electron chi connectivity index (χ1n) is 8.08. The fourth-order valence-corrected chi connectivity index (χ4v) is 2.36. The molecule has 0 saturated carbocycles. The highest BCUT2D eigenvalue weighted by atomic mass is 16.5. The predicted octanol–water partition coefficient (Wildman–Crippen LogP) is 4.32. The van der Waals surface area contributed by atoms with E-state index in [2.05, 4.69) is 38.2 Å². The largest absolute Gasteiger partial charge is 0.496 e. The SMILES string of the molecule is COc1ccccc1CNC(=O)C=Cc1ccc(C(C)(C)C)cc1. The van der Waals surface area contributed by atoms with Gasteiger partial charge in [-0.1, -0.05) is 63.2 Å². The third-order valence-corrected chi connectivity index (χ3v) is 3.85. The van der Waals surface area contributed by atoms with E-state index in [4.69, 9.17) is 4.74 Å². The highest BCUT2D eigenvalue weighted by Gasteiger charge is 2.12. The van der Waals surface area contributed by atoms with Crippen LogP contribution in [0.2, 0.25) is 0 Å². The van der Waals surface area contributed by atoms with E-state index in [-0.39, 0.29) is 11.3 Å². The molecule has 0 radical (unpaired) electrons. The normalized spacial score (nSPS) is 11.5. The Labute approximate surface area is 144 Å². The zero-order valence-corrected chi connectivity index (χ0v) is 14.8. The number of nitrogens with one attached hydrogen (secondary N) is 1. The summed E-state index contributed by atoms with van der Waals surface area (Å²) in [4.78, 5) is 12.0. The number of hydrogen-bond donors (Lipinski definition) is 1. The molecule has 2 aromatic carbocycles. The number of benzene rings is 2. The van der Waals surface area contributed by atoms with Crippen LogP contribution < -0.4 is 10.1 Å². The van der Waals surface area contributed by atoms with Crippen LogP contribution in [0.4, 0.5) is 0 Å². The Kier molecular flexibility index (Phi) is 5.80. The maximum absolute atomic E-state index is 12.0. The van der Waals surface area contributed by atoms with Crippen LogP contribution in [0.25, 0.3) is 6.08 Å². The lowest BCUT2D eigenvalue weighted by Crippen LogP contribution is -2.20. The fraction of sp³-hybridized carbons (Fsp3) is 0.286. The highest BCUT2D eigenvalue weighted by Crippen LogP contribution is 2.22. The van der Waals surface area contributed by atoms with Crippen LogP contribution in [-0.2, 0) is 16.8 Å². The van der Waals surface area contributed by atoms with Crippen molar-refractivity contribution in [2.75, 3.05) is 7.11 Å². The molecule has 0 aliphatic rings. The second-order valence-corrected chi connectivity index (χ2v) is 6.73. The van der Waals surface area contributed by atoms with Crippen molar-refractivity contribution in [3.63, 3.8) is 0 Å². The molecule has 0 aliphatic carbocycles. The summed E-state index contributed by atoms with van der Waals surface area (Å²) < 4.78 is 5.28. The number of methoxy groups -OCH3 is 1. The number of para-hydroxylation sites is 1. The molecule has 0 spiro atoms. The average Bonchev–Trinajstić information content (AvgIpc) is 2.58. The number of carbonyl (C=O) groups is 1. The first-order valence-corrected chi connectivity index (χ1v) is 8.08. The molecular formula is C21H25NO2. The number of hydrogen-bond acceptors (Lipinski definition) is 2. The van der Waals surface area contributed by atoms with Gasteiger partial charge in [0.2, 0.25) is 5.91 Å². The minimum absolute atomic E-state index is 0.124. The first-order chi connectivity index (χ1) is 11.4. The second-order valence-electron chi connectivity index (χ2n) is 6.73. The third kappa shape index (κ3) is 4.98. The Balaban J connectivity index is 1.93. The van der Waals surface area contributed by atoms with Crippen LogP contribution in [0.15, 0.2) is 54.6 Å².